The third-order valence-electron chi connectivity index (χ3n) is 5.13. The summed E-state index contributed by atoms with van der Waals surface area (Å²) in [5.74, 6) is -0.986. The number of nitrogens with zero attached hydrogens (tertiary/aromatic N) is 2. The molecule has 4 aromatic rings. The van der Waals surface area contributed by atoms with E-state index in [1.807, 2.05) is 61.5 Å². The van der Waals surface area contributed by atoms with Crippen LogP contribution in [0.3, 0.4) is 0 Å². The summed E-state index contributed by atoms with van der Waals surface area (Å²) in [6.45, 7) is 1.25. The predicted molar refractivity (Wildman–Crippen MR) is 134 cm³/mol. The standard InChI is InChI=1S/C27H24N4O5/c1-18-7-9-19(10-8-18)23-15-25(31(30-23)21-5-3-2-4-6-21)29-26(33)17-36-27(34)20-11-13-22(14-12-20)35-16-24(28)32/h2-15H,16-17H2,1H3,(H2,28,32)(H,29,33). The summed E-state index contributed by atoms with van der Waals surface area (Å²) in [4.78, 5) is 35.8. The molecule has 0 saturated carbocycles. The van der Waals surface area contributed by atoms with E-state index in [4.69, 9.17) is 15.2 Å². The van der Waals surface area contributed by atoms with Gasteiger partial charge in [-0.1, -0.05) is 48.0 Å². The van der Waals surface area contributed by atoms with Gasteiger partial charge in [0, 0.05) is 11.6 Å². The molecule has 1 heterocycles. The van der Waals surface area contributed by atoms with Gasteiger partial charge >= 0.3 is 5.97 Å². The van der Waals surface area contributed by atoms with Gasteiger partial charge in [-0.25, -0.2) is 9.48 Å². The average molecular weight is 485 g/mol. The molecule has 182 valence electrons. The first-order valence-electron chi connectivity index (χ1n) is 11.1. The Balaban J connectivity index is 1.43. The number of primary amides is 1. The molecule has 2 amide bonds. The lowest BCUT2D eigenvalue weighted by molar-refractivity contribution is -0.120. The van der Waals surface area contributed by atoms with E-state index in [1.165, 1.54) is 24.3 Å². The molecular formula is C27H24N4O5. The molecule has 0 spiro atoms. The number of nitrogens with two attached hydrogens (primary N) is 1. The number of aryl methyl sites for hydroxylation is 1. The van der Waals surface area contributed by atoms with Crippen molar-refractivity contribution in [1.82, 2.24) is 9.78 Å². The number of rotatable bonds is 9. The zero-order valence-electron chi connectivity index (χ0n) is 19.5. The minimum atomic E-state index is -0.677. The molecule has 3 N–H and O–H groups in total. The molecule has 0 atom stereocenters. The molecule has 0 aliphatic carbocycles. The minimum Gasteiger partial charge on any atom is -0.484 e. The number of hydrogen-bond acceptors (Lipinski definition) is 6. The Hall–Kier alpha value is -4.92. The topological polar surface area (TPSA) is 126 Å². The highest BCUT2D eigenvalue weighted by atomic mass is 16.5. The van der Waals surface area contributed by atoms with Crippen LogP contribution in [0.4, 0.5) is 5.82 Å². The normalized spacial score (nSPS) is 10.5. The number of para-hydroxylation sites is 1. The van der Waals surface area contributed by atoms with E-state index in [0.717, 1.165) is 16.8 Å². The van der Waals surface area contributed by atoms with Crippen molar-refractivity contribution in [3.8, 4) is 22.7 Å². The predicted octanol–water partition coefficient (Wildman–Crippen LogP) is 3.51. The largest absolute Gasteiger partial charge is 0.484 e. The fourth-order valence-corrected chi connectivity index (χ4v) is 3.34. The molecule has 3 aromatic carbocycles. The number of esters is 1. The SMILES string of the molecule is Cc1ccc(-c2cc(NC(=O)COC(=O)c3ccc(OCC(N)=O)cc3)n(-c3ccccc3)n2)cc1. The third-order valence-corrected chi connectivity index (χ3v) is 5.13. The number of ether oxygens (including phenoxy) is 2. The maximum absolute atomic E-state index is 12.6. The molecule has 0 aliphatic rings. The molecular weight excluding hydrogens is 460 g/mol. The molecule has 4 rings (SSSR count). The summed E-state index contributed by atoms with van der Waals surface area (Å²) in [6.07, 6.45) is 0. The fraction of sp³-hybridized carbons (Fsp3) is 0.111. The van der Waals surface area contributed by atoms with Gasteiger partial charge < -0.3 is 20.5 Å². The van der Waals surface area contributed by atoms with E-state index in [2.05, 4.69) is 10.4 Å². The molecule has 1 aromatic heterocycles. The van der Waals surface area contributed by atoms with Gasteiger partial charge in [0.05, 0.1) is 16.9 Å². The van der Waals surface area contributed by atoms with Gasteiger partial charge in [0.2, 0.25) is 0 Å². The van der Waals surface area contributed by atoms with Crippen molar-refractivity contribution in [2.75, 3.05) is 18.5 Å². The third kappa shape index (κ3) is 6.15. The Morgan fingerprint density at radius 2 is 1.61 bits per heavy atom. The minimum absolute atomic E-state index is 0.227. The highest BCUT2D eigenvalue weighted by Crippen LogP contribution is 2.25. The number of carbonyl (C=O) groups excluding carboxylic acids is 3. The second-order valence-corrected chi connectivity index (χ2v) is 7.93. The molecule has 9 heteroatoms. The first-order valence-corrected chi connectivity index (χ1v) is 11.1. The zero-order chi connectivity index (χ0) is 25.5. The van der Waals surface area contributed by atoms with E-state index in [-0.39, 0.29) is 12.2 Å². The van der Waals surface area contributed by atoms with E-state index in [1.54, 1.807) is 10.7 Å². The van der Waals surface area contributed by atoms with Gasteiger partial charge in [0.15, 0.2) is 13.2 Å². The summed E-state index contributed by atoms with van der Waals surface area (Å²) < 4.78 is 11.9. The Bertz CT molecular complexity index is 1360. The number of aromatic nitrogens is 2. The smallest absolute Gasteiger partial charge is 0.338 e. The molecule has 0 saturated heterocycles. The van der Waals surface area contributed by atoms with E-state index in [0.29, 0.717) is 17.3 Å². The van der Waals surface area contributed by atoms with Crippen LogP contribution in [0, 0.1) is 6.92 Å². The van der Waals surface area contributed by atoms with Crippen LogP contribution in [0.25, 0.3) is 16.9 Å². The lowest BCUT2D eigenvalue weighted by Crippen LogP contribution is -2.22. The highest BCUT2D eigenvalue weighted by molar-refractivity contribution is 5.95. The van der Waals surface area contributed by atoms with Crippen LogP contribution in [0.5, 0.6) is 5.75 Å². The van der Waals surface area contributed by atoms with Crippen LogP contribution in [-0.2, 0) is 14.3 Å². The molecule has 0 aliphatic heterocycles. The van der Waals surface area contributed by atoms with Crippen molar-refractivity contribution in [3.05, 3.63) is 96.1 Å². The van der Waals surface area contributed by atoms with E-state index < -0.39 is 24.4 Å². The van der Waals surface area contributed by atoms with Crippen molar-refractivity contribution >= 4 is 23.6 Å². The van der Waals surface area contributed by atoms with Crippen LogP contribution in [0.2, 0.25) is 0 Å². The first-order chi connectivity index (χ1) is 17.4. The second-order valence-electron chi connectivity index (χ2n) is 7.93. The van der Waals surface area contributed by atoms with Crippen molar-refractivity contribution < 1.29 is 23.9 Å². The monoisotopic (exact) mass is 484 g/mol. The number of carbonyl (C=O) groups is 3. The van der Waals surface area contributed by atoms with Gasteiger partial charge in [-0.15, -0.1) is 0 Å². The van der Waals surface area contributed by atoms with Gasteiger partial charge in [0.1, 0.15) is 11.6 Å². The number of anilines is 1. The Morgan fingerprint density at radius 3 is 2.28 bits per heavy atom. The molecule has 0 radical (unpaired) electrons. The average Bonchev–Trinajstić information content (AvgIpc) is 3.30. The summed E-state index contributed by atoms with van der Waals surface area (Å²) in [6, 6.07) is 25.0. The Kier molecular flexibility index (Phi) is 7.40. The number of nitrogens with one attached hydrogen (secondary N) is 1. The van der Waals surface area contributed by atoms with Gasteiger partial charge in [-0.2, -0.15) is 5.10 Å². The van der Waals surface area contributed by atoms with Gasteiger partial charge in [0.25, 0.3) is 11.8 Å². The quantitative estimate of drug-likeness (QED) is 0.350. The van der Waals surface area contributed by atoms with Crippen LogP contribution < -0.4 is 15.8 Å². The van der Waals surface area contributed by atoms with Gasteiger partial charge in [-0.3, -0.25) is 9.59 Å². The summed E-state index contributed by atoms with van der Waals surface area (Å²) in [7, 11) is 0. The maximum Gasteiger partial charge on any atom is 0.338 e. The van der Waals surface area contributed by atoms with Gasteiger partial charge in [-0.05, 0) is 43.3 Å². The highest BCUT2D eigenvalue weighted by Gasteiger charge is 2.16. The zero-order valence-corrected chi connectivity index (χ0v) is 19.5. The van der Waals surface area contributed by atoms with E-state index in [9.17, 15) is 14.4 Å². The van der Waals surface area contributed by atoms with Crippen molar-refractivity contribution in [2.24, 2.45) is 5.73 Å². The molecule has 36 heavy (non-hydrogen) atoms. The van der Waals surface area contributed by atoms with Crippen LogP contribution in [0.15, 0.2) is 84.9 Å². The van der Waals surface area contributed by atoms with Crippen LogP contribution in [0.1, 0.15) is 15.9 Å². The molecule has 9 nitrogen and oxygen atoms in total. The van der Waals surface area contributed by atoms with Crippen LogP contribution in [-0.4, -0.2) is 40.8 Å². The molecule has 0 fully saturated rings. The Labute approximate surface area is 207 Å². The van der Waals surface area contributed by atoms with Crippen molar-refractivity contribution in [3.63, 3.8) is 0 Å². The number of amides is 2. The second kappa shape index (κ2) is 11.0. The van der Waals surface area contributed by atoms with Crippen molar-refractivity contribution in [1.29, 1.82) is 0 Å². The molecule has 0 unspecified atom stereocenters. The lowest BCUT2D eigenvalue weighted by atomic mass is 10.1. The summed E-state index contributed by atoms with van der Waals surface area (Å²) >= 11 is 0. The van der Waals surface area contributed by atoms with Crippen LogP contribution >= 0.6 is 0 Å². The van der Waals surface area contributed by atoms with E-state index >= 15 is 0 Å². The maximum atomic E-state index is 12.6. The fourth-order valence-electron chi connectivity index (χ4n) is 3.34. The lowest BCUT2D eigenvalue weighted by Gasteiger charge is -2.09. The summed E-state index contributed by atoms with van der Waals surface area (Å²) in [5, 5.41) is 7.44. The number of hydrogen-bond donors (Lipinski definition) is 2. The number of benzene rings is 3. The summed E-state index contributed by atoms with van der Waals surface area (Å²) in [5.41, 5.74) is 8.75. The van der Waals surface area contributed by atoms with Crippen molar-refractivity contribution in [2.45, 2.75) is 6.92 Å². The Morgan fingerprint density at radius 1 is 0.917 bits per heavy atom. The first kappa shape index (κ1) is 24.2. The molecule has 0 bridgehead atoms.